The van der Waals surface area contributed by atoms with Crippen LogP contribution in [0.2, 0.25) is 0 Å². The third-order valence-corrected chi connectivity index (χ3v) is 3.62. The SMILES string of the molecule is CC(C)n1cc(C(=O)/C=C\c2cn(C)nc2-c2cccnc2)cn1. The summed E-state index contributed by atoms with van der Waals surface area (Å²) in [5, 5.41) is 8.65. The number of ketones is 1. The maximum atomic E-state index is 12.3. The van der Waals surface area contributed by atoms with Crippen LogP contribution in [-0.2, 0) is 7.05 Å². The Morgan fingerprint density at radius 1 is 1.25 bits per heavy atom. The van der Waals surface area contributed by atoms with Crippen LogP contribution in [0.5, 0.6) is 0 Å². The number of nitrogens with zero attached hydrogens (tertiary/aromatic N) is 5. The van der Waals surface area contributed by atoms with Crippen molar-refractivity contribution in [1.82, 2.24) is 24.5 Å². The van der Waals surface area contributed by atoms with E-state index < -0.39 is 0 Å². The predicted molar refractivity (Wildman–Crippen MR) is 92.4 cm³/mol. The quantitative estimate of drug-likeness (QED) is 0.535. The summed E-state index contributed by atoms with van der Waals surface area (Å²) in [6, 6.07) is 4.04. The molecule has 122 valence electrons. The minimum atomic E-state index is -0.0807. The molecule has 0 fully saturated rings. The summed E-state index contributed by atoms with van der Waals surface area (Å²) in [6.45, 7) is 4.04. The van der Waals surface area contributed by atoms with Crippen molar-refractivity contribution < 1.29 is 4.79 Å². The van der Waals surface area contributed by atoms with Crippen LogP contribution < -0.4 is 0 Å². The summed E-state index contributed by atoms with van der Waals surface area (Å²) in [5.41, 5.74) is 3.16. The van der Waals surface area contributed by atoms with E-state index in [9.17, 15) is 4.79 Å². The van der Waals surface area contributed by atoms with Gasteiger partial charge in [-0.05, 0) is 38.1 Å². The molecule has 0 bridgehead atoms. The first-order chi connectivity index (χ1) is 11.5. The van der Waals surface area contributed by atoms with Crippen molar-refractivity contribution in [3.05, 3.63) is 60.3 Å². The first kappa shape index (κ1) is 15.9. The zero-order valence-corrected chi connectivity index (χ0v) is 13.9. The maximum absolute atomic E-state index is 12.3. The maximum Gasteiger partial charge on any atom is 0.189 e. The Labute approximate surface area is 140 Å². The summed E-state index contributed by atoms with van der Waals surface area (Å²) in [5.74, 6) is -0.0807. The Bertz CT molecular complexity index is 874. The average molecular weight is 321 g/mol. The second-order valence-electron chi connectivity index (χ2n) is 5.85. The van der Waals surface area contributed by atoms with Gasteiger partial charge in [-0.3, -0.25) is 19.1 Å². The zero-order valence-electron chi connectivity index (χ0n) is 13.9. The molecular weight excluding hydrogens is 302 g/mol. The Morgan fingerprint density at radius 2 is 2.08 bits per heavy atom. The van der Waals surface area contributed by atoms with E-state index in [4.69, 9.17) is 0 Å². The van der Waals surface area contributed by atoms with Gasteiger partial charge in [-0.25, -0.2) is 0 Å². The molecule has 0 aliphatic carbocycles. The van der Waals surface area contributed by atoms with Crippen molar-refractivity contribution in [3.8, 4) is 11.3 Å². The molecule has 3 aromatic heterocycles. The molecule has 0 atom stereocenters. The normalized spacial score (nSPS) is 11.5. The molecule has 0 saturated heterocycles. The van der Waals surface area contributed by atoms with Gasteiger partial charge in [-0.2, -0.15) is 10.2 Å². The number of hydrogen-bond acceptors (Lipinski definition) is 4. The third kappa shape index (κ3) is 3.32. The van der Waals surface area contributed by atoms with Crippen LogP contribution in [-0.4, -0.2) is 30.3 Å². The number of carbonyl (C=O) groups is 1. The molecule has 0 radical (unpaired) electrons. The molecule has 3 heterocycles. The third-order valence-electron chi connectivity index (χ3n) is 3.62. The zero-order chi connectivity index (χ0) is 17.1. The van der Waals surface area contributed by atoms with E-state index in [1.165, 1.54) is 0 Å². The first-order valence-electron chi connectivity index (χ1n) is 7.75. The van der Waals surface area contributed by atoms with Crippen LogP contribution in [0.3, 0.4) is 0 Å². The Morgan fingerprint density at radius 3 is 2.75 bits per heavy atom. The van der Waals surface area contributed by atoms with Gasteiger partial charge in [0, 0.05) is 49.0 Å². The Balaban J connectivity index is 1.85. The van der Waals surface area contributed by atoms with E-state index >= 15 is 0 Å². The van der Waals surface area contributed by atoms with Crippen LogP contribution >= 0.6 is 0 Å². The molecule has 0 saturated carbocycles. The number of allylic oxidation sites excluding steroid dienone is 1. The standard InChI is InChI=1S/C18H19N5O/c1-13(2)23-12-16(10-20-23)17(24)7-6-15-11-22(3)21-18(15)14-5-4-8-19-9-14/h4-13H,1-3H3/b7-6-. The van der Waals surface area contributed by atoms with Gasteiger partial charge in [0.15, 0.2) is 5.78 Å². The van der Waals surface area contributed by atoms with Crippen molar-refractivity contribution in [3.63, 3.8) is 0 Å². The summed E-state index contributed by atoms with van der Waals surface area (Å²) in [6.07, 6.45) is 12.1. The number of carbonyl (C=O) groups excluding carboxylic acids is 1. The van der Waals surface area contributed by atoms with E-state index in [1.54, 1.807) is 46.3 Å². The summed E-state index contributed by atoms with van der Waals surface area (Å²) in [7, 11) is 1.85. The highest BCUT2D eigenvalue weighted by atomic mass is 16.1. The molecule has 0 aliphatic rings. The first-order valence-corrected chi connectivity index (χ1v) is 7.75. The van der Waals surface area contributed by atoms with Crippen LogP contribution in [0.4, 0.5) is 0 Å². The lowest BCUT2D eigenvalue weighted by atomic mass is 10.1. The van der Waals surface area contributed by atoms with Gasteiger partial charge in [0.2, 0.25) is 0 Å². The van der Waals surface area contributed by atoms with Crippen molar-refractivity contribution >= 4 is 11.9 Å². The fourth-order valence-corrected chi connectivity index (χ4v) is 2.37. The van der Waals surface area contributed by atoms with Crippen LogP contribution in [0, 0.1) is 0 Å². The number of aromatic nitrogens is 5. The summed E-state index contributed by atoms with van der Waals surface area (Å²) >= 11 is 0. The summed E-state index contributed by atoms with van der Waals surface area (Å²) < 4.78 is 3.50. The van der Waals surface area contributed by atoms with Gasteiger partial charge in [0.05, 0.1) is 11.8 Å². The van der Waals surface area contributed by atoms with Crippen molar-refractivity contribution in [2.45, 2.75) is 19.9 Å². The monoisotopic (exact) mass is 321 g/mol. The van der Waals surface area contributed by atoms with Crippen LogP contribution in [0.15, 0.2) is 49.2 Å². The molecule has 3 aromatic rings. The highest BCUT2D eigenvalue weighted by molar-refractivity contribution is 6.06. The lowest BCUT2D eigenvalue weighted by Gasteiger charge is -2.02. The van der Waals surface area contributed by atoms with E-state index in [0.717, 1.165) is 16.8 Å². The van der Waals surface area contributed by atoms with Gasteiger partial charge in [-0.15, -0.1) is 0 Å². The van der Waals surface area contributed by atoms with Gasteiger partial charge in [-0.1, -0.05) is 0 Å². The molecule has 0 aromatic carbocycles. The number of pyridine rings is 1. The largest absolute Gasteiger partial charge is 0.289 e. The molecule has 0 unspecified atom stereocenters. The van der Waals surface area contributed by atoms with Crippen molar-refractivity contribution in [2.75, 3.05) is 0 Å². The number of rotatable bonds is 5. The highest BCUT2D eigenvalue weighted by Crippen LogP contribution is 2.22. The Kier molecular flexibility index (Phi) is 4.37. The van der Waals surface area contributed by atoms with Crippen molar-refractivity contribution in [2.24, 2.45) is 7.05 Å². The number of hydrogen-bond donors (Lipinski definition) is 0. The smallest absolute Gasteiger partial charge is 0.189 e. The Hall–Kier alpha value is -3.02. The molecule has 0 amide bonds. The van der Waals surface area contributed by atoms with E-state index in [2.05, 4.69) is 15.2 Å². The summed E-state index contributed by atoms with van der Waals surface area (Å²) in [4.78, 5) is 16.5. The second kappa shape index (κ2) is 6.62. The molecular formula is C18H19N5O. The lowest BCUT2D eigenvalue weighted by Crippen LogP contribution is -2.00. The average Bonchev–Trinajstić information content (AvgIpc) is 3.20. The van der Waals surface area contributed by atoms with E-state index in [1.807, 2.05) is 39.2 Å². The fraction of sp³-hybridized carbons (Fsp3) is 0.222. The van der Waals surface area contributed by atoms with Crippen molar-refractivity contribution in [1.29, 1.82) is 0 Å². The molecule has 24 heavy (non-hydrogen) atoms. The topological polar surface area (TPSA) is 65.6 Å². The molecule has 6 nitrogen and oxygen atoms in total. The minimum Gasteiger partial charge on any atom is -0.289 e. The van der Waals surface area contributed by atoms with Crippen LogP contribution in [0.25, 0.3) is 17.3 Å². The highest BCUT2D eigenvalue weighted by Gasteiger charge is 2.10. The molecule has 0 spiro atoms. The fourth-order valence-electron chi connectivity index (χ4n) is 2.37. The predicted octanol–water partition coefficient (Wildman–Crippen LogP) is 3.16. The minimum absolute atomic E-state index is 0.0807. The van der Waals surface area contributed by atoms with E-state index in [-0.39, 0.29) is 11.8 Å². The van der Waals surface area contributed by atoms with E-state index in [0.29, 0.717) is 5.56 Å². The molecule has 3 rings (SSSR count). The molecule has 0 N–H and O–H groups in total. The van der Waals surface area contributed by atoms with Crippen LogP contribution in [0.1, 0.15) is 35.8 Å². The molecule has 0 aliphatic heterocycles. The van der Waals surface area contributed by atoms with Gasteiger partial charge < -0.3 is 0 Å². The van der Waals surface area contributed by atoms with Gasteiger partial charge >= 0.3 is 0 Å². The van der Waals surface area contributed by atoms with Gasteiger partial charge in [0.1, 0.15) is 5.69 Å². The lowest BCUT2D eigenvalue weighted by molar-refractivity contribution is 0.104. The van der Waals surface area contributed by atoms with Gasteiger partial charge in [0.25, 0.3) is 0 Å². The number of aryl methyl sites for hydroxylation is 1. The molecule has 6 heteroatoms. The second-order valence-corrected chi connectivity index (χ2v) is 5.85.